The molecule has 8 heteroatoms. The smallest absolute Gasteiger partial charge is 0.372 e. The number of hydrogen-bond acceptors (Lipinski definition) is 3. The molecule has 0 bridgehead atoms. The van der Waals surface area contributed by atoms with Gasteiger partial charge in [0, 0.05) is 13.2 Å². The second-order valence-corrected chi connectivity index (χ2v) is 4.74. The highest BCUT2D eigenvalue weighted by molar-refractivity contribution is 14.1. The van der Waals surface area contributed by atoms with Gasteiger partial charge in [-0.2, -0.15) is 13.2 Å². The molecule has 1 aromatic rings. The molecule has 0 atom stereocenters. The molecular weight excluding hydrogens is 364 g/mol. The van der Waals surface area contributed by atoms with Crippen LogP contribution in [-0.2, 0) is 11.3 Å². The SMILES string of the molecule is Cc1ncn(CCCOCC(F)(F)F)c(=O)c1I. The highest BCUT2D eigenvalue weighted by atomic mass is 127. The maximum Gasteiger partial charge on any atom is 0.411 e. The Morgan fingerprint density at radius 3 is 2.78 bits per heavy atom. The first-order valence-corrected chi connectivity index (χ1v) is 6.25. The van der Waals surface area contributed by atoms with Crippen LogP contribution in [0.2, 0.25) is 0 Å². The summed E-state index contributed by atoms with van der Waals surface area (Å²) in [4.78, 5) is 15.7. The second kappa shape index (κ2) is 6.50. The summed E-state index contributed by atoms with van der Waals surface area (Å²) >= 11 is 1.90. The normalized spacial score (nSPS) is 11.8. The fraction of sp³-hybridized carbons (Fsp3) is 0.600. The molecule has 0 aliphatic rings. The first-order chi connectivity index (χ1) is 8.31. The molecule has 102 valence electrons. The minimum atomic E-state index is -4.31. The molecule has 0 aromatic carbocycles. The van der Waals surface area contributed by atoms with E-state index in [0.29, 0.717) is 22.2 Å². The van der Waals surface area contributed by atoms with Crippen molar-refractivity contribution in [3.05, 3.63) is 25.9 Å². The summed E-state index contributed by atoms with van der Waals surface area (Å²) in [7, 11) is 0. The lowest BCUT2D eigenvalue weighted by Gasteiger charge is -2.09. The van der Waals surface area contributed by atoms with Crippen LogP contribution in [0.5, 0.6) is 0 Å². The minimum absolute atomic E-state index is 0.0452. The zero-order valence-electron chi connectivity index (χ0n) is 9.63. The maximum atomic E-state index is 11.8. The largest absolute Gasteiger partial charge is 0.411 e. The quantitative estimate of drug-likeness (QED) is 0.584. The Kier molecular flexibility index (Phi) is 5.57. The van der Waals surface area contributed by atoms with Gasteiger partial charge in [-0.15, -0.1) is 0 Å². The van der Waals surface area contributed by atoms with Crippen LogP contribution in [0.4, 0.5) is 13.2 Å². The van der Waals surface area contributed by atoms with Crippen LogP contribution in [0.1, 0.15) is 12.1 Å². The maximum absolute atomic E-state index is 11.8. The van der Waals surface area contributed by atoms with E-state index in [0.717, 1.165) is 0 Å². The van der Waals surface area contributed by atoms with Crippen molar-refractivity contribution in [1.82, 2.24) is 9.55 Å². The Labute approximate surface area is 115 Å². The van der Waals surface area contributed by atoms with Gasteiger partial charge in [-0.25, -0.2) is 4.98 Å². The van der Waals surface area contributed by atoms with Crippen molar-refractivity contribution in [2.24, 2.45) is 0 Å². The zero-order valence-corrected chi connectivity index (χ0v) is 11.8. The zero-order chi connectivity index (χ0) is 13.8. The Morgan fingerprint density at radius 1 is 1.50 bits per heavy atom. The van der Waals surface area contributed by atoms with Crippen molar-refractivity contribution >= 4 is 22.6 Å². The van der Waals surface area contributed by atoms with E-state index in [9.17, 15) is 18.0 Å². The van der Waals surface area contributed by atoms with E-state index >= 15 is 0 Å². The molecule has 4 nitrogen and oxygen atoms in total. The van der Waals surface area contributed by atoms with Crippen LogP contribution < -0.4 is 5.56 Å². The molecule has 0 N–H and O–H groups in total. The van der Waals surface area contributed by atoms with Crippen LogP contribution >= 0.6 is 22.6 Å². The lowest BCUT2D eigenvalue weighted by molar-refractivity contribution is -0.174. The molecule has 1 rings (SSSR count). The topological polar surface area (TPSA) is 44.1 Å². The van der Waals surface area contributed by atoms with Crippen LogP contribution in [0.15, 0.2) is 11.1 Å². The fourth-order valence-electron chi connectivity index (χ4n) is 1.23. The van der Waals surface area contributed by atoms with Gasteiger partial charge in [0.25, 0.3) is 5.56 Å². The third kappa shape index (κ3) is 4.92. The molecule has 1 heterocycles. The first kappa shape index (κ1) is 15.4. The molecule has 0 saturated carbocycles. The fourth-order valence-corrected chi connectivity index (χ4v) is 1.68. The van der Waals surface area contributed by atoms with Crippen LogP contribution in [0, 0.1) is 10.5 Å². The molecule has 0 spiro atoms. The standard InChI is InChI=1S/C10H12F3IN2O2/c1-7-8(14)9(17)16(6-15-7)3-2-4-18-5-10(11,12)13/h6H,2-5H2,1H3. The van der Waals surface area contributed by atoms with Gasteiger partial charge in [0.2, 0.25) is 0 Å². The third-order valence-corrected chi connectivity index (χ3v) is 3.35. The molecule has 0 radical (unpaired) electrons. The lowest BCUT2D eigenvalue weighted by Crippen LogP contribution is -2.25. The molecule has 1 aromatic heterocycles. The summed E-state index contributed by atoms with van der Waals surface area (Å²) in [6.45, 7) is 0.710. The molecule has 0 aliphatic carbocycles. The predicted octanol–water partition coefficient (Wildman–Crippen LogP) is 2.13. The number of aromatic nitrogens is 2. The van der Waals surface area contributed by atoms with Crippen molar-refractivity contribution in [3.8, 4) is 0 Å². The number of halogens is 4. The van der Waals surface area contributed by atoms with Gasteiger partial charge in [0.15, 0.2) is 0 Å². The van der Waals surface area contributed by atoms with E-state index in [1.54, 1.807) is 6.92 Å². The molecule has 0 saturated heterocycles. The predicted molar refractivity (Wildman–Crippen MR) is 67.4 cm³/mol. The number of aryl methyl sites for hydroxylation is 2. The molecule has 0 aliphatic heterocycles. The summed E-state index contributed by atoms with van der Waals surface area (Å²) in [5.41, 5.74) is 0.462. The molecular formula is C10H12F3IN2O2. The second-order valence-electron chi connectivity index (χ2n) is 3.66. The highest BCUT2D eigenvalue weighted by Gasteiger charge is 2.27. The Bertz CT molecular complexity index is 459. The molecule has 0 unspecified atom stereocenters. The molecule has 0 amide bonds. The Morgan fingerprint density at radius 2 is 2.17 bits per heavy atom. The van der Waals surface area contributed by atoms with E-state index in [1.807, 2.05) is 22.6 Å². The number of ether oxygens (including phenoxy) is 1. The number of rotatable bonds is 5. The molecule has 18 heavy (non-hydrogen) atoms. The number of nitrogens with zero attached hydrogens (tertiary/aromatic N) is 2. The molecule has 0 fully saturated rings. The first-order valence-electron chi connectivity index (χ1n) is 5.17. The average molecular weight is 376 g/mol. The summed E-state index contributed by atoms with van der Waals surface area (Å²) in [5.74, 6) is 0. The van der Waals surface area contributed by atoms with Gasteiger partial charge >= 0.3 is 6.18 Å². The van der Waals surface area contributed by atoms with Crippen molar-refractivity contribution in [3.63, 3.8) is 0 Å². The van der Waals surface area contributed by atoms with Crippen molar-refractivity contribution in [2.75, 3.05) is 13.2 Å². The van der Waals surface area contributed by atoms with E-state index in [1.165, 1.54) is 10.9 Å². The van der Waals surface area contributed by atoms with E-state index in [-0.39, 0.29) is 12.2 Å². The minimum Gasteiger partial charge on any atom is -0.372 e. The van der Waals surface area contributed by atoms with E-state index in [4.69, 9.17) is 0 Å². The lowest BCUT2D eigenvalue weighted by atomic mass is 10.4. The number of hydrogen-bond donors (Lipinski definition) is 0. The van der Waals surface area contributed by atoms with E-state index < -0.39 is 12.8 Å². The van der Waals surface area contributed by atoms with Crippen LogP contribution in [0.3, 0.4) is 0 Å². The van der Waals surface area contributed by atoms with Crippen molar-refractivity contribution < 1.29 is 17.9 Å². The summed E-state index contributed by atoms with van der Waals surface area (Å²) < 4.78 is 41.7. The van der Waals surface area contributed by atoms with Gasteiger partial charge in [-0.05, 0) is 35.9 Å². The van der Waals surface area contributed by atoms with Crippen LogP contribution in [0.25, 0.3) is 0 Å². The van der Waals surface area contributed by atoms with Crippen LogP contribution in [-0.4, -0.2) is 28.9 Å². The summed E-state index contributed by atoms with van der Waals surface area (Å²) in [6, 6.07) is 0. The highest BCUT2D eigenvalue weighted by Crippen LogP contribution is 2.14. The summed E-state index contributed by atoms with van der Waals surface area (Å²) in [5, 5.41) is 0. The monoisotopic (exact) mass is 376 g/mol. The van der Waals surface area contributed by atoms with Gasteiger partial charge < -0.3 is 4.74 Å². The average Bonchev–Trinajstić information content (AvgIpc) is 2.27. The summed E-state index contributed by atoms with van der Waals surface area (Å²) in [6.07, 6.45) is -2.59. The third-order valence-electron chi connectivity index (χ3n) is 2.11. The van der Waals surface area contributed by atoms with Gasteiger partial charge in [0.05, 0.1) is 15.6 Å². The van der Waals surface area contributed by atoms with Gasteiger partial charge in [-0.1, -0.05) is 0 Å². The van der Waals surface area contributed by atoms with Crippen molar-refractivity contribution in [2.45, 2.75) is 26.1 Å². The van der Waals surface area contributed by atoms with Gasteiger partial charge in [0.1, 0.15) is 6.61 Å². The van der Waals surface area contributed by atoms with Gasteiger partial charge in [-0.3, -0.25) is 9.36 Å². The number of alkyl halides is 3. The van der Waals surface area contributed by atoms with E-state index in [2.05, 4.69) is 9.72 Å². The van der Waals surface area contributed by atoms with Crippen molar-refractivity contribution in [1.29, 1.82) is 0 Å². The Balaban J connectivity index is 2.41. The Hall–Kier alpha value is -0.640.